The monoisotopic (exact) mass is 619 g/mol. The predicted octanol–water partition coefficient (Wildman–Crippen LogP) is 5.40. The number of benzene rings is 2. The van der Waals surface area contributed by atoms with Crippen molar-refractivity contribution in [1.82, 2.24) is 25.1 Å². The van der Waals surface area contributed by atoms with Crippen LogP contribution in [-0.4, -0.2) is 75.1 Å². The quantitative estimate of drug-likeness (QED) is 0.301. The molecule has 4 heterocycles. The van der Waals surface area contributed by atoms with Gasteiger partial charge in [-0.1, -0.05) is 57.2 Å². The number of pyridine rings is 1. The van der Waals surface area contributed by atoms with Crippen molar-refractivity contribution in [2.24, 2.45) is 5.41 Å². The Hall–Kier alpha value is -4.87. The molecule has 234 valence electrons. The van der Waals surface area contributed by atoms with E-state index in [1.54, 1.807) is 34.1 Å². The highest BCUT2D eigenvalue weighted by atomic mass is 19.4. The molecule has 0 aliphatic carbocycles. The molecule has 4 aromatic rings. The van der Waals surface area contributed by atoms with Crippen molar-refractivity contribution in [3.05, 3.63) is 84.3 Å². The van der Waals surface area contributed by atoms with Crippen LogP contribution in [0.1, 0.15) is 48.2 Å². The molecule has 6 rings (SSSR count). The number of amides is 3. The summed E-state index contributed by atoms with van der Waals surface area (Å²) in [5.74, 6) is -1.19. The number of aromatic nitrogens is 2. The number of hydrogen-bond donors (Lipinski definition) is 2. The number of para-hydroxylation sites is 1. The Kier molecular flexibility index (Phi) is 7.54. The first-order valence-electron chi connectivity index (χ1n) is 14.6. The molecular formula is C33H32F3N5O4. The van der Waals surface area contributed by atoms with E-state index >= 15 is 0 Å². The fraction of sp³-hybridized carbons (Fsp3) is 0.333. The molecule has 3 atom stereocenters. The minimum atomic E-state index is -4.80. The number of H-pyrrole nitrogens is 1. The van der Waals surface area contributed by atoms with Gasteiger partial charge in [-0.25, -0.2) is 0 Å². The summed E-state index contributed by atoms with van der Waals surface area (Å²) in [7, 11) is 0. The summed E-state index contributed by atoms with van der Waals surface area (Å²) in [5.41, 5.74) is 1.82. The van der Waals surface area contributed by atoms with Crippen molar-refractivity contribution in [3.8, 4) is 16.9 Å². The van der Waals surface area contributed by atoms with Crippen molar-refractivity contribution < 1.29 is 32.3 Å². The molecule has 2 fully saturated rings. The standard InChI is InChI=1S/C33H32F3N5O4/c1-32(2,3)28(39-29(42)27-14-20-7-4-5-10-25(20)38-27)31(44)41-18-22-15-23(41)17-40(22)30(43)26-12-11-21(16-37-26)19-8-6-9-24(13-19)45-33(34,35)36/h4-14,16,22-23,28,38H,15,17-18H2,1-3H3,(H,39,42)/t22-,23-,28+/m0/s1. The zero-order chi connectivity index (χ0) is 32.1. The molecule has 9 nitrogen and oxygen atoms in total. The molecule has 2 N–H and O–H groups in total. The lowest BCUT2D eigenvalue weighted by molar-refractivity contribution is -0.274. The zero-order valence-electron chi connectivity index (χ0n) is 24.9. The van der Waals surface area contributed by atoms with Gasteiger partial charge in [0.2, 0.25) is 5.91 Å². The molecule has 2 saturated heterocycles. The molecule has 2 aliphatic heterocycles. The molecule has 2 aliphatic rings. The molecule has 2 aromatic heterocycles. The van der Waals surface area contributed by atoms with Crippen molar-refractivity contribution in [1.29, 1.82) is 0 Å². The summed E-state index contributed by atoms with van der Waals surface area (Å²) in [4.78, 5) is 51.3. The predicted molar refractivity (Wildman–Crippen MR) is 160 cm³/mol. The van der Waals surface area contributed by atoms with Gasteiger partial charge in [0.05, 0.1) is 12.1 Å². The lowest BCUT2D eigenvalue weighted by Gasteiger charge is -2.39. The van der Waals surface area contributed by atoms with Gasteiger partial charge in [-0.3, -0.25) is 19.4 Å². The number of carbonyl (C=O) groups excluding carboxylic acids is 3. The highest BCUT2D eigenvalue weighted by Gasteiger charge is 2.50. The number of nitrogens with one attached hydrogen (secondary N) is 2. The number of aromatic amines is 1. The van der Waals surface area contributed by atoms with Gasteiger partial charge in [0.25, 0.3) is 11.8 Å². The fourth-order valence-electron chi connectivity index (χ4n) is 6.12. The van der Waals surface area contributed by atoms with E-state index in [0.29, 0.717) is 36.3 Å². The van der Waals surface area contributed by atoms with Gasteiger partial charge < -0.3 is 24.8 Å². The highest BCUT2D eigenvalue weighted by Crippen LogP contribution is 2.35. The third-order valence-electron chi connectivity index (χ3n) is 8.33. The molecule has 2 bridgehead atoms. The van der Waals surface area contributed by atoms with E-state index in [-0.39, 0.29) is 41.2 Å². The number of likely N-dealkylation sites (tertiary alicyclic amines) is 2. The minimum Gasteiger partial charge on any atom is -0.406 e. The summed E-state index contributed by atoms with van der Waals surface area (Å²) < 4.78 is 41.9. The first-order chi connectivity index (χ1) is 21.3. The minimum absolute atomic E-state index is 0.189. The van der Waals surface area contributed by atoms with Crippen LogP contribution in [0.4, 0.5) is 13.2 Å². The fourth-order valence-corrected chi connectivity index (χ4v) is 6.12. The number of rotatable bonds is 6. The van der Waals surface area contributed by atoms with Crippen LogP contribution in [-0.2, 0) is 4.79 Å². The van der Waals surface area contributed by atoms with Crippen LogP contribution >= 0.6 is 0 Å². The first-order valence-corrected chi connectivity index (χ1v) is 14.6. The van der Waals surface area contributed by atoms with Crippen LogP contribution in [0.2, 0.25) is 0 Å². The SMILES string of the molecule is CC(C)(C)[C@H](NC(=O)c1cc2ccccc2[nH]1)C(=O)N1C[C@@H]2C[C@H]1CN2C(=O)c1ccc(-c2cccc(OC(F)(F)F)c2)cn1. The molecule has 12 heteroatoms. The van der Waals surface area contributed by atoms with Crippen LogP contribution in [0.3, 0.4) is 0 Å². The normalized spacial score (nSPS) is 18.7. The summed E-state index contributed by atoms with van der Waals surface area (Å²) in [6.07, 6.45) is -2.75. The van der Waals surface area contributed by atoms with Crippen LogP contribution in [0.15, 0.2) is 72.9 Å². The van der Waals surface area contributed by atoms with Crippen LogP contribution in [0, 0.1) is 5.41 Å². The number of piperazine rings is 1. The third-order valence-corrected chi connectivity index (χ3v) is 8.33. The summed E-state index contributed by atoms with van der Waals surface area (Å²) in [5, 5.41) is 3.85. The van der Waals surface area contributed by atoms with Crippen LogP contribution < -0.4 is 10.1 Å². The number of alkyl halides is 3. The number of hydrogen-bond acceptors (Lipinski definition) is 5. The van der Waals surface area contributed by atoms with Crippen LogP contribution in [0.25, 0.3) is 22.0 Å². The van der Waals surface area contributed by atoms with Gasteiger partial charge in [-0.15, -0.1) is 13.2 Å². The van der Waals surface area contributed by atoms with E-state index in [4.69, 9.17) is 0 Å². The van der Waals surface area contributed by atoms with E-state index in [9.17, 15) is 27.6 Å². The number of fused-ring (bicyclic) bond motifs is 3. The Morgan fingerprint density at radius 2 is 1.67 bits per heavy atom. The second-order valence-electron chi connectivity index (χ2n) is 12.5. The van der Waals surface area contributed by atoms with E-state index in [2.05, 4.69) is 20.0 Å². The molecular weight excluding hydrogens is 587 g/mol. The number of ether oxygens (including phenoxy) is 1. The van der Waals surface area contributed by atoms with Gasteiger partial charge in [-0.2, -0.15) is 0 Å². The Morgan fingerprint density at radius 3 is 2.31 bits per heavy atom. The largest absolute Gasteiger partial charge is 0.573 e. The summed E-state index contributed by atoms with van der Waals surface area (Å²) >= 11 is 0. The van der Waals surface area contributed by atoms with Gasteiger partial charge in [-0.05, 0) is 47.7 Å². The average Bonchev–Trinajstić information content (AvgIpc) is 3.72. The van der Waals surface area contributed by atoms with Gasteiger partial charge in [0.1, 0.15) is 23.2 Å². The zero-order valence-corrected chi connectivity index (χ0v) is 24.9. The lowest BCUT2D eigenvalue weighted by Crippen LogP contribution is -2.59. The molecule has 0 radical (unpaired) electrons. The lowest BCUT2D eigenvalue weighted by atomic mass is 9.85. The second kappa shape index (κ2) is 11.2. The number of nitrogens with zero attached hydrogens (tertiary/aromatic N) is 3. The molecule has 0 unspecified atom stereocenters. The maximum absolute atomic E-state index is 13.9. The average molecular weight is 620 g/mol. The van der Waals surface area contributed by atoms with Gasteiger partial charge in [0.15, 0.2) is 0 Å². The third kappa shape index (κ3) is 6.22. The summed E-state index contributed by atoms with van der Waals surface area (Å²) in [6.45, 7) is 6.39. The highest BCUT2D eigenvalue weighted by molar-refractivity contribution is 6.00. The maximum atomic E-state index is 13.9. The Labute approximate surface area is 257 Å². The number of carbonyl (C=O) groups is 3. The Morgan fingerprint density at radius 1 is 0.933 bits per heavy atom. The van der Waals surface area contributed by atoms with Crippen molar-refractivity contribution in [2.45, 2.75) is 51.7 Å². The van der Waals surface area contributed by atoms with Crippen molar-refractivity contribution in [2.75, 3.05) is 13.1 Å². The Balaban J connectivity index is 1.11. The van der Waals surface area contributed by atoms with E-state index in [1.807, 2.05) is 45.0 Å². The molecule has 0 spiro atoms. The summed E-state index contributed by atoms with van der Waals surface area (Å²) in [6, 6.07) is 16.8. The smallest absolute Gasteiger partial charge is 0.406 e. The molecule has 45 heavy (non-hydrogen) atoms. The maximum Gasteiger partial charge on any atom is 0.573 e. The van der Waals surface area contributed by atoms with E-state index < -0.39 is 17.8 Å². The van der Waals surface area contributed by atoms with E-state index in [1.165, 1.54) is 24.4 Å². The molecule has 3 amide bonds. The second-order valence-corrected chi connectivity index (χ2v) is 12.5. The Bertz CT molecular complexity index is 1730. The number of halogens is 3. The molecule has 0 saturated carbocycles. The van der Waals surface area contributed by atoms with Crippen molar-refractivity contribution in [3.63, 3.8) is 0 Å². The van der Waals surface area contributed by atoms with Crippen LogP contribution in [0.5, 0.6) is 5.75 Å². The van der Waals surface area contributed by atoms with Crippen molar-refractivity contribution >= 4 is 28.6 Å². The topological polar surface area (TPSA) is 108 Å². The first kappa shape index (κ1) is 30.2. The van der Waals surface area contributed by atoms with Gasteiger partial charge in [0, 0.05) is 35.8 Å². The molecule has 2 aromatic carbocycles. The van der Waals surface area contributed by atoms with Gasteiger partial charge >= 0.3 is 6.36 Å². The van der Waals surface area contributed by atoms with E-state index in [0.717, 1.165) is 10.9 Å².